The normalized spacial score (nSPS) is 18.4. The maximum absolute atomic E-state index is 11.3. The SMILES string of the molecule is Cc1cccc(C#C[C@@](C)(O)C2(C#N)COC2)c1C(=O)O. The molecule has 5 heteroatoms. The largest absolute Gasteiger partial charge is 0.478 e. The molecule has 2 N–H and O–H groups in total. The van der Waals surface area contributed by atoms with E-state index in [9.17, 15) is 20.3 Å². The van der Waals surface area contributed by atoms with E-state index < -0.39 is 17.0 Å². The van der Waals surface area contributed by atoms with Crippen molar-refractivity contribution in [2.24, 2.45) is 5.41 Å². The number of hydrogen-bond donors (Lipinski definition) is 2. The average molecular weight is 285 g/mol. The van der Waals surface area contributed by atoms with E-state index in [1.165, 1.54) is 6.92 Å². The van der Waals surface area contributed by atoms with Gasteiger partial charge in [0.05, 0.1) is 24.8 Å². The molecule has 21 heavy (non-hydrogen) atoms. The summed E-state index contributed by atoms with van der Waals surface area (Å²) in [4.78, 5) is 11.3. The number of aliphatic hydroxyl groups is 1. The Morgan fingerprint density at radius 3 is 2.62 bits per heavy atom. The standard InChI is InChI=1S/C16H15NO4/c1-11-4-3-5-12(13(11)14(18)19)6-7-15(2,20)16(8-17)9-21-10-16/h3-5,20H,9-10H2,1-2H3,(H,18,19)/t15-/m1/s1. The summed E-state index contributed by atoms with van der Waals surface area (Å²) in [7, 11) is 0. The number of hydrogen-bond acceptors (Lipinski definition) is 4. The molecule has 0 unspecified atom stereocenters. The van der Waals surface area contributed by atoms with Gasteiger partial charge in [0, 0.05) is 5.56 Å². The quantitative estimate of drug-likeness (QED) is 0.800. The fourth-order valence-corrected chi connectivity index (χ4v) is 2.13. The van der Waals surface area contributed by atoms with E-state index in [1.807, 2.05) is 6.07 Å². The Balaban J connectivity index is 2.43. The topological polar surface area (TPSA) is 90.5 Å². The summed E-state index contributed by atoms with van der Waals surface area (Å²) in [5.41, 5.74) is -1.61. The molecular formula is C16H15NO4. The van der Waals surface area contributed by atoms with Crippen molar-refractivity contribution in [1.29, 1.82) is 5.26 Å². The average Bonchev–Trinajstić information content (AvgIpc) is 2.35. The van der Waals surface area contributed by atoms with E-state index in [0.29, 0.717) is 11.1 Å². The first-order valence-corrected chi connectivity index (χ1v) is 6.40. The summed E-state index contributed by atoms with van der Waals surface area (Å²) in [5.74, 6) is 4.26. The van der Waals surface area contributed by atoms with Crippen LogP contribution in [0.3, 0.4) is 0 Å². The third kappa shape index (κ3) is 2.50. The number of aryl methyl sites for hydroxylation is 1. The van der Waals surface area contributed by atoms with Gasteiger partial charge in [-0.05, 0) is 25.5 Å². The Morgan fingerprint density at radius 1 is 1.48 bits per heavy atom. The molecule has 1 saturated heterocycles. The van der Waals surface area contributed by atoms with Crippen LogP contribution in [-0.2, 0) is 4.74 Å². The number of nitrogens with zero attached hydrogens (tertiary/aromatic N) is 1. The maximum Gasteiger partial charge on any atom is 0.337 e. The van der Waals surface area contributed by atoms with Crippen LogP contribution < -0.4 is 0 Å². The molecule has 1 aromatic rings. The van der Waals surface area contributed by atoms with Gasteiger partial charge in [-0.2, -0.15) is 5.26 Å². The zero-order chi connectivity index (χ0) is 15.7. The fraction of sp³-hybridized carbons (Fsp3) is 0.375. The van der Waals surface area contributed by atoms with Crippen LogP contribution in [0, 0.1) is 35.5 Å². The number of ether oxygens (including phenoxy) is 1. The second-order valence-electron chi connectivity index (χ2n) is 5.31. The molecule has 0 bridgehead atoms. The first-order valence-electron chi connectivity index (χ1n) is 6.40. The number of carboxylic acids is 1. The summed E-state index contributed by atoms with van der Waals surface area (Å²) in [6, 6.07) is 7.01. The Kier molecular flexibility index (Phi) is 3.74. The lowest BCUT2D eigenvalue weighted by Gasteiger charge is -2.42. The molecule has 1 heterocycles. The van der Waals surface area contributed by atoms with Crippen molar-refractivity contribution in [3.63, 3.8) is 0 Å². The highest BCUT2D eigenvalue weighted by molar-refractivity contribution is 5.92. The lowest BCUT2D eigenvalue weighted by atomic mass is 9.72. The highest BCUT2D eigenvalue weighted by atomic mass is 16.5. The minimum absolute atomic E-state index is 0.108. The van der Waals surface area contributed by atoms with Gasteiger partial charge in [0.1, 0.15) is 11.0 Å². The Morgan fingerprint density at radius 2 is 2.14 bits per heavy atom. The van der Waals surface area contributed by atoms with Crippen LogP contribution in [0.4, 0.5) is 0 Å². The van der Waals surface area contributed by atoms with Crippen molar-refractivity contribution in [1.82, 2.24) is 0 Å². The first kappa shape index (κ1) is 15.1. The molecule has 0 radical (unpaired) electrons. The van der Waals surface area contributed by atoms with Gasteiger partial charge in [-0.1, -0.05) is 24.0 Å². The molecule has 0 saturated carbocycles. The van der Waals surface area contributed by atoms with Gasteiger partial charge < -0.3 is 14.9 Å². The third-order valence-electron chi connectivity index (χ3n) is 3.77. The number of rotatable bonds is 2. The third-order valence-corrected chi connectivity index (χ3v) is 3.77. The first-order chi connectivity index (χ1) is 9.83. The number of carboxylic acid groups (broad SMARTS) is 1. The lowest BCUT2D eigenvalue weighted by molar-refractivity contribution is -0.158. The van der Waals surface area contributed by atoms with Crippen LogP contribution in [0.2, 0.25) is 0 Å². The minimum atomic E-state index is -1.57. The molecule has 1 atom stereocenters. The highest BCUT2D eigenvalue weighted by Gasteiger charge is 2.53. The van der Waals surface area contributed by atoms with Crippen molar-refractivity contribution in [2.45, 2.75) is 19.4 Å². The monoisotopic (exact) mass is 285 g/mol. The molecular weight excluding hydrogens is 270 g/mol. The summed E-state index contributed by atoms with van der Waals surface area (Å²) in [6.07, 6.45) is 0. The maximum atomic E-state index is 11.3. The van der Waals surface area contributed by atoms with Crippen molar-refractivity contribution in [3.05, 3.63) is 34.9 Å². The molecule has 1 fully saturated rings. The van der Waals surface area contributed by atoms with Crippen molar-refractivity contribution < 1.29 is 19.7 Å². The molecule has 1 aliphatic rings. The zero-order valence-corrected chi connectivity index (χ0v) is 11.8. The number of aromatic carboxylic acids is 1. The van der Waals surface area contributed by atoms with E-state index >= 15 is 0 Å². The number of carbonyl (C=O) groups is 1. The Hall–Kier alpha value is -2.34. The summed E-state index contributed by atoms with van der Waals surface area (Å²) < 4.78 is 5.00. The highest BCUT2D eigenvalue weighted by Crippen LogP contribution is 2.38. The van der Waals surface area contributed by atoms with Gasteiger partial charge in [0.25, 0.3) is 0 Å². The number of nitriles is 1. The van der Waals surface area contributed by atoms with Gasteiger partial charge in [-0.25, -0.2) is 4.79 Å². The second kappa shape index (κ2) is 5.21. The van der Waals surface area contributed by atoms with E-state index in [1.54, 1.807) is 25.1 Å². The van der Waals surface area contributed by atoms with Gasteiger partial charge in [-0.15, -0.1) is 0 Å². The zero-order valence-electron chi connectivity index (χ0n) is 11.8. The van der Waals surface area contributed by atoms with Gasteiger partial charge in [0.2, 0.25) is 0 Å². The predicted molar refractivity (Wildman–Crippen MR) is 74.5 cm³/mol. The summed E-state index contributed by atoms with van der Waals surface area (Å²) in [5, 5.41) is 28.9. The smallest absolute Gasteiger partial charge is 0.337 e. The van der Waals surface area contributed by atoms with Gasteiger partial charge in [-0.3, -0.25) is 0 Å². The van der Waals surface area contributed by atoms with Crippen LogP contribution in [0.5, 0.6) is 0 Å². The van der Waals surface area contributed by atoms with Crippen LogP contribution in [0.25, 0.3) is 0 Å². The molecule has 0 aromatic heterocycles. The van der Waals surface area contributed by atoms with Crippen LogP contribution in [0.1, 0.15) is 28.4 Å². The Labute approximate surface area is 122 Å². The van der Waals surface area contributed by atoms with E-state index in [0.717, 1.165) is 0 Å². The summed E-state index contributed by atoms with van der Waals surface area (Å²) in [6.45, 7) is 3.36. The van der Waals surface area contributed by atoms with Crippen molar-refractivity contribution >= 4 is 5.97 Å². The minimum Gasteiger partial charge on any atom is -0.478 e. The van der Waals surface area contributed by atoms with Crippen molar-refractivity contribution in [2.75, 3.05) is 13.2 Å². The van der Waals surface area contributed by atoms with Crippen molar-refractivity contribution in [3.8, 4) is 17.9 Å². The van der Waals surface area contributed by atoms with E-state index in [-0.39, 0.29) is 18.8 Å². The van der Waals surface area contributed by atoms with E-state index in [4.69, 9.17) is 4.74 Å². The molecule has 5 nitrogen and oxygen atoms in total. The molecule has 0 spiro atoms. The fourth-order valence-electron chi connectivity index (χ4n) is 2.13. The molecule has 1 aromatic carbocycles. The van der Waals surface area contributed by atoms with Gasteiger partial charge >= 0.3 is 5.97 Å². The van der Waals surface area contributed by atoms with Crippen LogP contribution in [0.15, 0.2) is 18.2 Å². The number of benzene rings is 1. The molecule has 108 valence electrons. The predicted octanol–water partition coefficient (Wildman–Crippen LogP) is 1.34. The second-order valence-corrected chi connectivity index (χ2v) is 5.31. The lowest BCUT2D eigenvalue weighted by Crippen LogP contribution is -2.57. The Bertz CT molecular complexity index is 684. The molecule has 2 rings (SSSR count). The van der Waals surface area contributed by atoms with Gasteiger partial charge in [0.15, 0.2) is 0 Å². The van der Waals surface area contributed by atoms with Crippen LogP contribution >= 0.6 is 0 Å². The van der Waals surface area contributed by atoms with E-state index in [2.05, 4.69) is 11.8 Å². The molecule has 1 aliphatic heterocycles. The molecule has 0 aliphatic carbocycles. The summed E-state index contributed by atoms with van der Waals surface area (Å²) >= 11 is 0. The molecule has 0 amide bonds. The van der Waals surface area contributed by atoms with Crippen LogP contribution in [-0.4, -0.2) is 35.0 Å².